The van der Waals surface area contributed by atoms with Crippen LogP contribution in [-0.2, 0) is 27.9 Å². The summed E-state index contributed by atoms with van der Waals surface area (Å²) in [6.45, 7) is 6.83. The lowest BCUT2D eigenvalue weighted by atomic mass is 10.1. The molecule has 0 bridgehead atoms. The Kier molecular flexibility index (Phi) is 43.9. The van der Waals surface area contributed by atoms with Gasteiger partial charge in [-0.15, -0.1) is 0 Å². The Balaban J connectivity index is 5.43. The number of quaternary nitrogens is 1. The van der Waals surface area contributed by atoms with Crippen LogP contribution in [0.2, 0.25) is 0 Å². The van der Waals surface area contributed by atoms with Gasteiger partial charge in [-0.2, -0.15) is 0 Å². The van der Waals surface area contributed by atoms with E-state index in [1.165, 1.54) is 103 Å². The van der Waals surface area contributed by atoms with Crippen LogP contribution in [0.5, 0.6) is 0 Å². The molecule has 2 N–H and O–H groups in total. The topological polar surface area (TPSA) is 111 Å². The first kappa shape index (κ1) is 62.7. The van der Waals surface area contributed by atoms with E-state index < -0.39 is 20.0 Å². The molecule has 1 amide bonds. The zero-order chi connectivity index (χ0) is 48.0. The second kappa shape index (κ2) is 45.5. The molecule has 0 rings (SSSR count). The highest BCUT2D eigenvalue weighted by molar-refractivity contribution is 7.47. The lowest BCUT2D eigenvalue weighted by Gasteiger charge is -2.27. The summed E-state index contributed by atoms with van der Waals surface area (Å²) in [5.41, 5.74) is 0. The number of rotatable bonds is 47. The summed E-state index contributed by atoms with van der Waals surface area (Å²) in [6, 6.07) is -0.859. The molecule has 0 aliphatic heterocycles. The van der Waals surface area contributed by atoms with Crippen LogP contribution >= 0.6 is 7.82 Å². The van der Waals surface area contributed by atoms with Gasteiger partial charge in [-0.25, -0.2) is 4.57 Å². The summed E-state index contributed by atoms with van der Waals surface area (Å²) in [5.74, 6) is -0.541. The van der Waals surface area contributed by atoms with Gasteiger partial charge in [0.25, 0.3) is 0 Å². The van der Waals surface area contributed by atoms with Crippen LogP contribution in [0, 0.1) is 0 Å². The zero-order valence-corrected chi connectivity index (χ0v) is 43.9. The molecule has 65 heavy (non-hydrogen) atoms. The molecule has 0 heterocycles. The van der Waals surface area contributed by atoms with Gasteiger partial charge < -0.3 is 19.4 Å². The standard InChI is InChI=1S/C55H101N2O7P/c1-7-10-13-16-19-22-25-27-28-30-32-35-38-41-44-47-54(58)56-52(51-63-65(60,61)62-50-49-57(4,5)6)53(46-43-40-37-34-31-24-21-18-15-12-9-3)64-55(59)48-45-42-39-36-33-29-26-23-20-17-14-11-8-2/h10,13,16,19,22,25,29,33,43,46,52-53H,7-9,11-12,14-15,17-18,20-21,23-24,26-28,30-32,34-42,44-45,47-51H2,1-6H3,(H-,56,58,60,61)/p+1/b13-10+,19-16+,25-22+,33-29-,46-43+. The van der Waals surface area contributed by atoms with Gasteiger partial charge in [0.1, 0.15) is 19.3 Å². The van der Waals surface area contributed by atoms with E-state index in [1.54, 1.807) is 0 Å². The van der Waals surface area contributed by atoms with Crippen LogP contribution in [0.4, 0.5) is 0 Å². The van der Waals surface area contributed by atoms with Crippen molar-refractivity contribution in [1.82, 2.24) is 5.32 Å². The van der Waals surface area contributed by atoms with Crippen LogP contribution < -0.4 is 5.32 Å². The molecular weight excluding hydrogens is 832 g/mol. The monoisotopic (exact) mass is 934 g/mol. The fourth-order valence-corrected chi connectivity index (χ4v) is 8.08. The minimum Gasteiger partial charge on any atom is -0.456 e. The van der Waals surface area contributed by atoms with Crippen LogP contribution in [0.25, 0.3) is 0 Å². The molecule has 0 saturated carbocycles. The number of hydrogen-bond acceptors (Lipinski definition) is 6. The summed E-state index contributed by atoms with van der Waals surface area (Å²) >= 11 is 0. The van der Waals surface area contributed by atoms with Crippen LogP contribution in [0.1, 0.15) is 226 Å². The number of ether oxygens (including phenoxy) is 1. The lowest BCUT2D eigenvalue weighted by Crippen LogP contribution is -2.47. The average Bonchev–Trinajstić information content (AvgIpc) is 3.26. The molecule has 378 valence electrons. The van der Waals surface area contributed by atoms with Gasteiger partial charge in [-0.05, 0) is 76.7 Å². The third-order valence-electron chi connectivity index (χ3n) is 11.5. The summed E-state index contributed by atoms with van der Waals surface area (Å²) in [7, 11) is 1.47. The SMILES string of the molecule is CC/C=C/C=C/C=C/CCCCCCCCCC(=O)NC(COP(=O)(O)OCC[N+](C)(C)C)C(/C=C/CCCCCCCCCCC)OC(=O)CCCCC/C=C\CCCCCCCC. The molecule has 0 radical (unpaired) electrons. The van der Waals surface area contributed by atoms with E-state index in [0.29, 0.717) is 23.9 Å². The van der Waals surface area contributed by atoms with Crippen molar-refractivity contribution in [1.29, 1.82) is 0 Å². The highest BCUT2D eigenvalue weighted by Gasteiger charge is 2.30. The van der Waals surface area contributed by atoms with Crippen molar-refractivity contribution in [2.75, 3.05) is 40.9 Å². The molecule has 3 unspecified atom stereocenters. The summed E-state index contributed by atoms with van der Waals surface area (Å²) in [6.07, 6.45) is 55.0. The lowest BCUT2D eigenvalue weighted by molar-refractivity contribution is -0.870. The van der Waals surface area contributed by atoms with Gasteiger partial charge in [0, 0.05) is 12.8 Å². The number of hydrogen-bond donors (Lipinski definition) is 2. The zero-order valence-electron chi connectivity index (χ0n) is 43.0. The van der Waals surface area contributed by atoms with E-state index in [0.717, 1.165) is 83.5 Å². The maximum atomic E-state index is 13.4. The van der Waals surface area contributed by atoms with Gasteiger partial charge >= 0.3 is 13.8 Å². The Morgan fingerprint density at radius 2 is 1.00 bits per heavy atom. The number of nitrogens with zero attached hydrogens (tertiary/aromatic N) is 1. The third-order valence-corrected chi connectivity index (χ3v) is 12.5. The molecule has 0 aromatic rings. The molecule has 0 spiro atoms. The first-order chi connectivity index (χ1) is 31.4. The molecule has 0 aliphatic rings. The highest BCUT2D eigenvalue weighted by atomic mass is 31.2. The van der Waals surface area contributed by atoms with Crippen molar-refractivity contribution in [3.8, 4) is 0 Å². The maximum absolute atomic E-state index is 13.4. The molecule has 10 heteroatoms. The second-order valence-electron chi connectivity index (χ2n) is 19.1. The number of nitrogens with one attached hydrogen (secondary N) is 1. The predicted molar refractivity (Wildman–Crippen MR) is 277 cm³/mol. The fourth-order valence-electron chi connectivity index (χ4n) is 7.34. The predicted octanol–water partition coefficient (Wildman–Crippen LogP) is 15.5. The Labute approximate surface area is 401 Å². The van der Waals surface area contributed by atoms with Crippen molar-refractivity contribution in [3.63, 3.8) is 0 Å². The third kappa shape index (κ3) is 46.6. The molecule has 0 aromatic carbocycles. The number of allylic oxidation sites excluding steroid dienone is 9. The van der Waals surface area contributed by atoms with Crippen LogP contribution in [0.3, 0.4) is 0 Å². The van der Waals surface area contributed by atoms with Gasteiger partial charge in [0.15, 0.2) is 0 Å². The van der Waals surface area contributed by atoms with Gasteiger partial charge in [0.05, 0.1) is 33.8 Å². The van der Waals surface area contributed by atoms with E-state index in [1.807, 2.05) is 33.3 Å². The first-order valence-corrected chi connectivity index (χ1v) is 28.1. The molecule has 3 atom stereocenters. The largest absolute Gasteiger partial charge is 0.472 e. The second-order valence-corrected chi connectivity index (χ2v) is 20.5. The quantitative estimate of drug-likeness (QED) is 0.0156. The molecule has 9 nitrogen and oxygen atoms in total. The smallest absolute Gasteiger partial charge is 0.456 e. The summed E-state index contributed by atoms with van der Waals surface area (Å²) < 4.78 is 30.5. The minimum absolute atomic E-state index is 0.0339. The van der Waals surface area contributed by atoms with Crippen molar-refractivity contribution < 1.29 is 37.3 Å². The number of phosphoric ester groups is 1. The number of phosphoric acid groups is 1. The Bertz CT molecular complexity index is 1300. The van der Waals surface area contributed by atoms with E-state index >= 15 is 0 Å². The first-order valence-electron chi connectivity index (χ1n) is 26.6. The molecule has 0 aliphatic carbocycles. The van der Waals surface area contributed by atoms with E-state index in [4.69, 9.17) is 13.8 Å². The molecule has 0 aromatic heterocycles. The Morgan fingerprint density at radius 3 is 1.52 bits per heavy atom. The van der Waals surface area contributed by atoms with Gasteiger partial charge in [-0.1, -0.05) is 197 Å². The fraction of sp³-hybridized carbons (Fsp3) is 0.782. The van der Waals surface area contributed by atoms with Gasteiger partial charge in [0.2, 0.25) is 5.91 Å². The van der Waals surface area contributed by atoms with E-state index in [2.05, 4.69) is 74.7 Å². The van der Waals surface area contributed by atoms with Crippen LogP contribution in [-0.4, -0.2) is 74.3 Å². The number of likely N-dealkylation sites (N-methyl/N-ethyl adjacent to an activating group) is 1. The number of carbonyl (C=O) groups excluding carboxylic acids is 2. The van der Waals surface area contributed by atoms with Crippen molar-refractivity contribution in [2.45, 2.75) is 238 Å². The minimum atomic E-state index is -4.44. The van der Waals surface area contributed by atoms with Gasteiger partial charge in [-0.3, -0.25) is 18.6 Å². The normalized spacial score (nSPS) is 14.4. The Hall–Kier alpha value is -2.29. The molecule has 0 fully saturated rings. The summed E-state index contributed by atoms with van der Waals surface area (Å²) in [4.78, 5) is 37.4. The molecular formula is C55H102N2O7P+. The number of carbonyl (C=O) groups is 2. The number of esters is 1. The average molecular weight is 934 g/mol. The van der Waals surface area contributed by atoms with Crippen molar-refractivity contribution in [3.05, 3.63) is 60.8 Å². The van der Waals surface area contributed by atoms with E-state index in [9.17, 15) is 19.0 Å². The van der Waals surface area contributed by atoms with Crippen LogP contribution in [0.15, 0.2) is 60.8 Å². The molecule has 0 saturated heterocycles. The van der Waals surface area contributed by atoms with E-state index in [-0.39, 0.29) is 31.5 Å². The highest BCUT2D eigenvalue weighted by Crippen LogP contribution is 2.43. The van der Waals surface area contributed by atoms with Crippen molar-refractivity contribution >= 4 is 19.7 Å². The number of unbranched alkanes of at least 4 members (excludes halogenated alkanes) is 25. The summed E-state index contributed by atoms with van der Waals surface area (Å²) in [5, 5.41) is 3.03. The number of amides is 1. The Morgan fingerprint density at radius 1 is 0.554 bits per heavy atom. The van der Waals surface area contributed by atoms with Crippen molar-refractivity contribution in [2.24, 2.45) is 0 Å². The maximum Gasteiger partial charge on any atom is 0.472 e.